The van der Waals surface area contributed by atoms with Crippen LogP contribution in [-0.4, -0.2) is 45.7 Å². The summed E-state index contributed by atoms with van der Waals surface area (Å²) >= 11 is 0. The Bertz CT molecular complexity index is 1040. The van der Waals surface area contributed by atoms with Crippen molar-refractivity contribution >= 4 is 16.7 Å². The van der Waals surface area contributed by atoms with Gasteiger partial charge in [0.05, 0.1) is 21.3 Å². The van der Waals surface area contributed by atoms with Crippen molar-refractivity contribution in [3.8, 4) is 11.5 Å². The Morgan fingerprint density at radius 3 is 2.37 bits per heavy atom. The topological polar surface area (TPSA) is 43.2 Å². The van der Waals surface area contributed by atoms with Crippen LogP contribution in [0.1, 0.15) is 11.1 Å². The van der Waals surface area contributed by atoms with Crippen LogP contribution in [0.2, 0.25) is 0 Å². The zero-order valence-corrected chi connectivity index (χ0v) is 17.9. The minimum absolute atomic E-state index is 0.0383. The van der Waals surface area contributed by atoms with Crippen molar-refractivity contribution in [2.75, 3.05) is 34.9 Å². The predicted octanol–water partition coefficient (Wildman–Crippen LogP) is 2.67. The molecule has 0 bridgehead atoms. The van der Waals surface area contributed by atoms with E-state index in [1.807, 2.05) is 43.4 Å². The van der Waals surface area contributed by atoms with Gasteiger partial charge in [0.2, 0.25) is 0 Å². The minimum atomic E-state index is -0.389. The fourth-order valence-electron chi connectivity index (χ4n) is 3.48. The third-order valence-electron chi connectivity index (χ3n) is 5.13. The molecule has 0 aromatic heterocycles. The van der Waals surface area contributed by atoms with Crippen LogP contribution in [0.5, 0.6) is 11.5 Å². The molecule has 0 fully saturated rings. The third kappa shape index (κ3) is 5.27. The lowest BCUT2D eigenvalue weighted by molar-refractivity contribution is -0.885. The largest absolute Gasteiger partial charge is 0.497 e. The Balaban J connectivity index is 1.58. The summed E-state index contributed by atoms with van der Waals surface area (Å²) in [6.45, 7) is 1.42. The number of hydrogen-bond acceptors (Lipinski definition) is 3. The van der Waals surface area contributed by atoms with Gasteiger partial charge >= 0.3 is 0 Å². The van der Waals surface area contributed by atoms with E-state index in [4.69, 9.17) is 9.47 Å². The molecule has 3 aromatic carbocycles. The molecule has 1 N–H and O–H groups in total. The first-order chi connectivity index (χ1) is 14.4. The van der Waals surface area contributed by atoms with Crippen LogP contribution in [0.3, 0.4) is 0 Å². The van der Waals surface area contributed by atoms with Crippen molar-refractivity contribution in [2.45, 2.75) is 13.1 Å². The monoisotopic (exact) mass is 411 g/mol. The lowest BCUT2D eigenvalue weighted by Gasteiger charge is -2.20. The van der Waals surface area contributed by atoms with Crippen LogP contribution in [0.4, 0.5) is 4.39 Å². The second kappa shape index (κ2) is 9.59. The summed E-state index contributed by atoms with van der Waals surface area (Å²) in [6.07, 6.45) is 0. The standard InChI is InChI=1S/C24H27FN2O3/c1-26(14-18-6-10-23(30-4)22(25)12-18)16-24(28)27(2)15-17-5-7-20-13-21(29-3)9-8-19(20)11-17/h5-13H,14-16H2,1-4H3/p+1. The van der Waals surface area contributed by atoms with Gasteiger partial charge in [-0.2, -0.15) is 0 Å². The summed E-state index contributed by atoms with van der Waals surface area (Å²) in [7, 11) is 6.83. The van der Waals surface area contributed by atoms with Gasteiger partial charge in [-0.3, -0.25) is 4.79 Å². The highest BCUT2D eigenvalue weighted by Crippen LogP contribution is 2.22. The highest BCUT2D eigenvalue weighted by Gasteiger charge is 2.16. The van der Waals surface area contributed by atoms with Gasteiger partial charge in [0.1, 0.15) is 12.3 Å². The first-order valence-corrected chi connectivity index (χ1v) is 9.84. The predicted molar refractivity (Wildman–Crippen MR) is 115 cm³/mol. The molecule has 30 heavy (non-hydrogen) atoms. The maximum absolute atomic E-state index is 13.9. The van der Waals surface area contributed by atoms with E-state index in [9.17, 15) is 9.18 Å². The van der Waals surface area contributed by atoms with Crippen molar-refractivity contribution in [3.05, 3.63) is 71.5 Å². The van der Waals surface area contributed by atoms with Crippen molar-refractivity contribution in [1.29, 1.82) is 0 Å². The Hall–Kier alpha value is -3.12. The van der Waals surface area contributed by atoms with Crippen LogP contribution >= 0.6 is 0 Å². The number of amides is 1. The van der Waals surface area contributed by atoms with Gasteiger partial charge in [-0.15, -0.1) is 0 Å². The molecule has 0 aliphatic carbocycles. The van der Waals surface area contributed by atoms with E-state index in [-0.39, 0.29) is 17.5 Å². The SMILES string of the molecule is COc1ccc2cc(CN(C)C(=O)C[NH+](C)Cc3ccc(OC)c(F)c3)ccc2c1. The molecular formula is C24H28FN2O3+. The van der Waals surface area contributed by atoms with Gasteiger partial charge in [0.15, 0.2) is 18.1 Å². The number of likely N-dealkylation sites (N-methyl/N-ethyl adjacent to an activating group) is 2. The van der Waals surface area contributed by atoms with Crippen LogP contribution in [0, 0.1) is 5.82 Å². The van der Waals surface area contributed by atoms with Crippen molar-refractivity contribution < 1.29 is 23.6 Å². The Kier molecular flexibility index (Phi) is 6.90. The quantitative estimate of drug-likeness (QED) is 0.620. The molecule has 0 spiro atoms. The molecule has 1 unspecified atom stereocenters. The van der Waals surface area contributed by atoms with Gasteiger partial charge in [0.25, 0.3) is 5.91 Å². The summed E-state index contributed by atoms with van der Waals surface area (Å²) in [5.74, 6) is 0.697. The average Bonchev–Trinajstić information content (AvgIpc) is 2.73. The molecule has 0 saturated carbocycles. The molecule has 0 aliphatic heterocycles. The smallest absolute Gasteiger partial charge is 0.277 e. The van der Waals surface area contributed by atoms with Crippen molar-refractivity contribution in [3.63, 3.8) is 0 Å². The molecule has 158 valence electrons. The van der Waals surface area contributed by atoms with Crippen LogP contribution in [0.15, 0.2) is 54.6 Å². The second-order valence-corrected chi connectivity index (χ2v) is 7.58. The van der Waals surface area contributed by atoms with Gasteiger partial charge in [0, 0.05) is 19.2 Å². The van der Waals surface area contributed by atoms with Gasteiger partial charge < -0.3 is 19.3 Å². The fraction of sp³-hybridized carbons (Fsp3) is 0.292. The average molecular weight is 411 g/mol. The third-order valence-corrected chi connectivity index (χ3v) is 5.13. The number of halogens is 1. The number of nitrogens with zero attached hydrogens (tertiary/aromatic N) is 1. The highest BCUT2D eigenvalue weighted by atomic mass is 19.1. The molecule has 3 aromatic rings. The van der Waals surface area contributed by atoms with Crippen LogP contribution in [0.25, 0.3) is 10.8 Å². The first-order valence-electron chi connectivity index (χ1n) is 9.84. The van der Waals surface area contributed by atoms with E-state index < -0.39 is 0 Å². The van der Waals surface area contributed by atoms with E-state index in [1.165, 1.54) is 13.2 Å². The summed E-state index contributed by atoms with van der Waals surface area (Å²) in [5.41, 5.74) is 1.89. The van der Waals surface area contributed by atoms with Gasteiger partial charge in [-0.1, -0.05) is 18.2 Å². The molecule has 5 nitrogen and oxygen atoms in total. The Morgan fingerprint density at radius 2 is 1.67 bits per heavy atom. The fourth-order valence-corrected chi connectivity index (χ4v) is 3.48. The number of fused-ring (bicyclic) bond motifs is 1. The van der Waals surface area contributed by atoms with E-state index >= 15 is 0 Å². The zero-order valence-electron chi connectivity index (χ0n) is 17.9. The van der Waals surface area contributed by atoms with E-state index in [1.54, 1.807) is 25.1 Å². The number of ether oxygens (including phenoxy) is 2. The number of nitrogens with one attached hydrogen (secondary N) is 1. The lowest BCUT2D eigenvalue weighted by atomic mass is 10.1. The number of benzene rings is 3. The van der Waals surface area contributed by atoms with Crippen molar-refractivity contribution in [1.82, 2.24) is 4.90 Å². The van der Waals surface area contributed by atoms with E-state index in [2.05, 4.69) is 6.07 Å². The molecule has 0 radical (unpaired) electrons. The number of carbonyl (C=O) groups is 1. The Labute approximate surface area is 176 Å². The molecule has 0 aliphatic rings. The summed E-state index contributed by atoms with van der Waals surface area (Å²) in [5, 5.41) is 2.21. The van der Waals surface area contributed by atoms with Crippen LogP contribution in [-0.2, 0) is 17.9 Å². The highest BCUT2D eigenvalue weighted by molar-refractivity contribution is 5.84. The van der Waals surface area contributed by atoms with E-state index in [0.717, 1.165) is 32.5 Å². The number of methoxy groups -OCH3 is 2. The summed E-state index contributed by atoms with van der Waals surface area (Å²) in [6, 6.07) is 17.0. The van der Waals surface area contributed by atoms with Gasteiger partial charge in [-0.25, -0.2) is 4.39 Å². The normalized spacial score (nSPS) is 11.9. The maximum Gasteiger partial charge on any atom is 0.277 e. The molecule has 0 saturated heterocycles. The maximum atomic E-state index is 13.9. The second-order valence-electron chi connectivity index (χ2n) is 7.58. The summed E-state index contributed by atoms with van der Waals surface area (Å²) in [4.78, 5) is 15.4. The Morgan fingerprint density at radius 1 is 0.967 bits per heavy atom. The number of quaternary nitrogens is 1. The molecule has 3 rings (SSSR count). The summed E-state index contributed by atoms with van der Waals surface area (Å²) < 4.78 is 24.1. The minimum Gasteiger partial charge on any atom is -0.497 e. The zero-order chi connectivity index (χ0) is 21.7. The first kappa shape index (κ1) is 21.6. The molecule has 0 heterocycles. The molecule has 6 heteroatoms. The van der Waals surface area contributed by atoms with Gasteiger partial charge in [-0.05, 0) is 52.7 Å². The number of hydrogen-bond donors (Lipinski definition) is 1. The lowest BCUT2D eigenvalue weighted by Crippen LogP contribution is -3.08. The van der Waals surface area contributed by atoms with Crippen LogP contribution < -0.4 is 14.4 Å². The molecular weight excluding hydrogens is 383 g/mol. The number of carbonyl (C=O) groups excluding carboxylic acids is 1. The molecule has 1 amide bonds. The number of rotatable bonds is 8. The van der Waals surface area contributed by atoms with Crippen molar-refractivity contribution in [2.24, 2.45) is 0 Å². The van der Waals surface area contributed by atoms with E-state index in [0.29, 0.717) is 19.6 Å². The molecule has 1 atom stereocenters.